The minimum Gasteiger partial charge on any atom is -0.495 e. The van der Waals surface area contributed by atoms with Crippen LogP contribution in [0.4, 0.5) is 5.69 Å². The van der Waals surface area contributed by atoms with Gasteiger partial charge in [-0.1, -0.05) is 11.6 Å². The van der Waals surface area contributed by atoms with Crippen LogP contribution in [0.5, 0.6) is 11.5 Å². The average molecular weight is 315 g/mol. The number of halogens is 1. The summed E-state index contributed by atoms with van der Waals surface area (Å²) >= 11 is 6.04. The summed E-state index contributed by atoms with van der Waals surface area (Å²) in [5.74, 6) is 1.16. The van der Waals surface area contributed by atoms with Gasteiger partial charge in [0.05, 0.1) is 24.9 Å². The predicted molar refractivity (Wildman–Crippen MR) is 85.6 cm³/mol. The molecule has 5 nitrogen and oxygen atoms in total. The molecule has 0 aliphatic carbocycles. The van der Waals surface area contributed by atoms with Gasteiger partial charge in [0.1, 0.15) is 11.5 Å². The number of ether oxygens (including phenoxy) is 2. The van der Waals surface area contributed by atoms with E-state index in [9.17, 15) is 4.79 Å². The van der Waals surface area contributed by atoms with Crippen LogP contribution in [0.15, 0.2) is 12.1 Å². The van der Waals surface area contributed by atoms with Crippen molar-refractivity contribution in [2.45, 2.75) is 32.7 Å². The van der Waals surface area contributed by atoms with Gasteiger partial charge >= 0.3 is 0 Å². The number of nitrogens with one attached hydrogen (secondary N) is 2. The van der Waals surface area contributed by atoms with Crippen molar-refractivity contribution >= 4 is 23.2 Å². The van der Waals surface area contributed by atoms with Gasteiger partial charge in [-0.2, -0.15) is 0 Å². The number of amides is 1. The molecule has 0 fully saturated rings. The third-order valence-electron chi connectivity index (χ3n) is 2.66. The van der Waals surface area contributed by atoms with Crippen LogP contribution in [0.25, 0.3) is 0 Å². The highest BCUT2D eigenvalue weighted by Gasteiger charge is 2.14. The highest BCUT2D eigenvalue weighted by molar-refractivity contribution is 6.32. The Kier molecular flexibility index (Phi) is 6.15. The van der Waals surface area contributed by atoms with Crippen LogP contribution in [-0.2, 0) is 4.79 Å². The molecule has 0 saturated heterocycles. The van der Waals surface area contributed by atoms with Crippen LogP contribution < -0.4 is 20.1 Å². The Morgan fingerprint density at radius 3 is 2.33 bits per heavy atom. The lowest BCUT2D eigenvalue weighted by molar-refractivity contribution is -0.122. The molecule has 0 saturated carbocycles. The number of benzene rings is 1. The van der Waals surface area contributed by atoms with E-state index in [4.69, 9.17) is 21.1 Å². The SMILES string of the molecule is COc1cc(NCCC(=O)NC(C)(C)C)c(OC)cc1Cl. The zero-order valence-corrected chi connectivity index (χ0v) is 13.9. The summed E-state index contributed by atoms with van der Waals surface area (Å²) in [5, 5.41) is 6.55. The van der Waals surface area contributed by atoms with E-state index in [1.54, 1.807) is 26.4 Å². The largest absolute Gasteiger partial charge is 0.495 e. The summed E-state index contributed by atoms with van der Waals surface area (Å²) in [6, 6.07) is 3.43. The minimum atomic E-state index is -0.224. The van der Waals surface area contributed by atoms with Crippen LogP contribution in [0.1, 0.15) is 27.2 Å². The second-order valence-electron chi connectivity index (χ2n) is 5.66. The Hall–Kier alpha value is -1.62. The topological polar surface area (TPSA) is 59.6 Å². The van der Waals surface area contributed by atoms with Gasteiger partial charge in [0.25, 0.3) is 0 Å². The lowest BCUT2D eigenvalue weighted by atomic mass is 10.1. The molecule has 0 aromatic heterocycles. The zero-order chi connectivity index (χ0) is 16.0. The van der Waals surface area contributed by atoms with Crippen molar-refractivity contribution in [1.29, 1.82) is 0 Å². The fourth-order valence-corrected chi connectivity index (χ4v) is 2.02. The zero-order valence-electron chi connectivity index (χ0n) is 13.2. The van der Waals surface area contributed by atoms with Crippen molar-refractivity contribution in [3.05, 3.63) is 17.2 Å². The van der Waals surface area contributed by atoms with Crippen LogP contribution in [0.3, 0.4) is 0 Å². The molecule has 0 heterocycles. The van der Waals surface area contributed by atoms with E-state index in [0.29, 0.717) is 29.5 Å². The third kappa shape index (κ3) is 5.71. The summed E-state index contributed by atoms with van der Waals surface area (Å²) < 4.78 is 10.4. The number of carbonyl (C=O) groups excluding carboxylic acids is 1. The van der Waals surface area contributed by atoms with Gasteiger partial charge in [-0.3, -0.25) is 4.79 Å². The van der Waals surface area contributed by atoms with Gasteiger partial charge in [-0.15, -0.1) is 0 Å². The molecule has 21 heavy (non-hydrogen) atoms. The molecule has 118 valence electrons. The van der Waals surface area contributed by atoms with Gasteiger partial charge in [0, 0.05) is 30.6 Å². The van der Waals surface area contributed by atoms with E-state index in [-0.39, 0.29) is 11.4 Å². The van der Waals surface area contributed by atoms with Gasteiger partial charge in [-0.05, 0) is 20.8 Å². The second kappa shape index (κ2) is 7.41. The van der Waals surface area contributed by atoms with Crippen LogP contribution >= 0.6 is 11.6 Å². The van der Waals surface area contributed by atoms with Crippen molar-refractivity contribution in [2.75, 3.05) is 26.1 Å². The molecular weight excluding hydrogens is 292 g/mol. The van der Waals surface area contributed by atoms with Gasteiger partial charge in [0.2, 0.25) is 5.91 Å². The lowest BCUT2D eigenvalue weighted by Gasteiger charge is -2.20. The molecule has 1 rings (SSSR count). The lowest BCUT2D eigenvalue weighted by Crippen LogP contribution is -2.41. The van der Waals surface area contributed by atoms with Crippen molar-refractivity contribution in [2.24, 2.45) is 0 Å². The summed E-state index contributed by atoms with van der Waals surface area (Å²) in [7, 11) is 3.11. The minimum absolute atomic E-state index is 0.00473. The molecule has 0 atom stereocenters. The molecule has 1 aromatic carbocycles. The monoisotopic (exact) mass is 314 g/mol. The van der Waals surface area contributed by atoms with Crippen molar-refractivity contribution in [3.63, 3.8) is 0 Å². The Bertz CT molecular complexity index is 498. The van der Waals surface area contributed by atoms with Gasteiger partial charge in [-0.25, -0.2) is 0 Å². The molecule has 0 bridgehead atoms. The Balaban J connectivity index is 2.65. The smallest absolute Gasteiger partial charge is 0.222 e. The molecule has 0 spiro atoms. The van der Waals surface area contributed by atoms with Crippen molar-refractivity contribution in [1.82, 2.24) is 5.32 Å². The summed E-state index contributed by atoms with van der Waals surface area (Å²) in [5.41, 5.74) is 0.514. The molecule has 1 amide bonds. The third-order valence-corrected chi connectivity index (χ3v) is 2.95. The van der Waals surface area contributed by atoms with Crippen LogP contribution in [-0.4, -0.2) is 32.2 Å². The predicted octanol–water partition coefficient (Wildman–Crippen LogP) is 3.07. The average Bonchev–Trinajstić information content (AvgIpc) is 2.37. The normalized spacial score (nSPS) is 11.0. The van der Waals surface area contributed by atoms with E-state index in [1.165, 1.54) is 0 Å². The van der Waals surface area contributed by atoms with E-state index >= 15 is 0 Å². The number of carbonyl (C=O) groups is 1. The Labute approximate surface area is 131 Å². The maximum absolute atomic E-state index is 11.8. The summed E-state index contributed by atoms with van der Waals surface area (Å²) in [6.07, 6.45) is 0.366. The molecule has 0 aliphatic rings. The van der Waals surface area contributed by atoms with E-state index in [2.05, 4.69) is 10.6 Å². The Morgan fingerprint density at radius 2 is 1.81 bits per heavy atom. The van der Waals surface area contributed by atoms with Crippen LogP contribution in [0, 0.1) is 0 Å². The van der Waals surface area contributed by atoms with Gasteiger partial charge < -0.3 is 20.1 Å². The maximum atomic E-state index is 11.8. The molecule has 0 radical (unpaired) electrons. The molecule has 1 aromatic rings. The van der Waals surface area contributed by atoms with Gasteiger partial charge in [0.15, 0.2) is 0 Å². The molecule has 0 aliphatic heterocycles. The summed E-state index contributed by atoms with van der Waals surface area (Å²) in [4.78, 5) is 11.8. The molecular formula is C15H23ClN2O3. The number of rotatable bonds is 6. The highest BCUT2D eigenvalue weighted by atomic mass is 35.5. The molecule has 0 unspecified atom stereocenters. The first kappa shape index (κ1) is 17.4. The summed E-state index contributed by atoms with van der Waals surface area (Å²) in [6.45, 7) is 6.34. The fourth-order valence-electron chi connectivity index (χ4n) is 1.79. The number of anilines is 1. The van der Waals surface area contributed by atoms with Crippen LogP contribution in [0.2, 0.25) is 5.02 Å². The first-order valence-corrected chi connectivity index (χ1v) is 7.11. The first-order valence-electron chi connectivity index (χ1n) is 6.73. The highest BCUT2D eigenvalue weighted by Crippen LogP contribution is 2.35. The van der Waals surface area contributed by atoms with E-state index in [1.807, 2.05) is 20.8 Å². The van der Waals surface area contributed by atoms with Crippen molar-refractivity contribution < 1.29 is 14.3 Å². The molecule has 6 heteroatoms. The molecule has 2 N–H and O–H groups in total. The number of methoxy groups -OCH3 is 2. The second-order valence-corrected chi connectivity index (χ2v) is 6.07. The number of hydrogen-bond donors (Lipinski definition) is 2. The van der Waals surface area contributed by atoms with E-state index < -0.39 is 0 Å². The first-order chi connectivity index (χ1) is 9.76. The van der Waals surface area contributed by atoms with Crippen molar-refractivity contribution in [3.8, 4) is 11.5 Å². The Morgan fingerprint density at radius 1 is 1.19 bits per heavy atom. The maximum Gasteiger partial charge on any atom is 0.222 e. The van der Waals surface area contributed by atoms with E-state index in [0.717, 1.165) is 5.69 Å². The number of hydrogen-bond acceptors (Lipinski definition) is 4. The fraction of sp³-hybridized carbons (Fsp3) is 0.533. The quantitative estimate of drug-likeness (QED) is 0.847. The standard InChI is InChI=1S/C15H23ClN2O3/c1-15(2,3)18-14(19)6-7-17-11-9-12(20-4)10(16)8-13(11)21-5/h8-9,17H,6-7H2,1-5H3,(H,18,19).